The molecule has 4 aromatic rings. The normalized spacial score (nSPS) is 13.4. The monoisotopic (exact) mass is 443 g/mol. The Kier molecular flexibility index (Phi) is 5.66. The number of benzene rings is 1. The number of Topliss-reactive ketones (excluding diaryl/α,β-unsaturated/α-hetero) is 1. The summed E-state index contributed by atoms with van der Waals surface area (Å²) in [5, 5.41) is 9.63. The van der Waals surface area contributed by atoms with E-state index in [1.165, 1.54) is 30.3 Å². The lowest BCUT2D eigenvalue weighted by Crippen LogP contribution is -2.08. The zero-order chi connectivity index (χ0) is 22.1. The van der Waals surface area contributed by atoms with E-state index in [2.05, 4.69) is 50.3 Å². The first-order valence-electron chi connectivity index (χ1n) is 10.8. The summed E-state index contributed by atoms with van der Waals surface area (Å²) in [6, 6.07) is 16.7. The molecule has 0 N–H and O–H groups in total. The number of carbonyl (C=O) groups is 1. The van der Waals surface area contributed by atoms with E-state index in [1.807, 2.05) is 36.4 Å². The molecule has 0 spiro atoms. The minimum Gasteiger partial charge on any atom is -0.345 e. The molecule has 1 saturated carbocycles. The lowest BCUT2D eigenvalue weighted by atomic mass is 10.2. The number of nitrogens with zero attached hydrogens (tertiary/aromatic N) is 5. The summed E-state index contributed by atoms with van der Waals surface area (Å²) < 4.78 is 4.40. The Bertz CT molecular complexity index is 1240. The van der Waals surface area contributed by atoms with Gasteiger partial charge in [-0.3, -0.25) is 14.3 Å². The zero-order valence-electron chi connectivity index (χ0n) is 18.2. The number of carbonyl (C=O) groups excluding carboxylic acids is 1. The molecule has 5 rings (SSSR count). The van der Waals surface area contributed by atoms with E-state index in [9.17, 15) is 4.79 Å². The van der Waals surface area contributed by atoms with Gasteiger partial charge in [-0.05, 0) is 50.5 Å². The summed E-state index contributed by atoms with van der Waals surface area (Å²) >= 11 is 1.45. The van der Waals surface area contributed by atoms with Gasteiger partial charge in [0.25, 0.3) is 0 Å². The van der Waals surface area contributed by atoms with Crippen molar-refractivity contribution in [2.45, 2.75) is 44.4 Å². The minimum absolute atomic E-state index is 0.134. The second-order valence-corrected chi connectivity index (χ2v) is 9.15. The van der Waals surface area contributed by atoms with Gasteiger partial charge in [-0.2, -0.15) is 0 Å². The lowest BCUT2D eigenvalue weighted by molar-refractivity contribution is 0.102. The summed E-state index contributed by atoms with van der Waals surface area (Å²) in [4.78, 5) is 17.2. The van der Waals surface area contributed by atoms with E-state index in [1.54, 1.807) is 12.4 Å². The third-order valence-electron chi connectivity index (χ3n) is 5.87. The number of ketones is 1. The van der Waals surface area contributed by atoms with E-state index in [0.717, 1.165) is 33.4 Å². The van der Waals surface area contributed by atoms with Crippen LogP contribution in [-0.4, -0.2) is 35.9 Å². The summed E-state index contributed by atoms with van der Waals surface area (Å²) in [5.41, 5.74) is 5.19. The van der Waals surface area contributed by atoms with Gasteiger partial charge in [0.2, 0.25) is 0 Å². The minimum atomic E-state index is 0.134. The highest BCUT2D eigenvalue weighted by molar-refractivity contribution is 7.99. The molecule has 0 radical (unpaired) electrons. The van der Waals surface area contributed by atoms with E-state index < -0.39 is 0 Å². The lowest BCUT2D eigenvalue weighted by Gasteiger charge is -2.10. The molecule has 0 aliphatic heterocycles. The molecular formula is C25H25N5OS. The van der Waals surface area contributed by atoms with E-state index in [-0.39, 0.29) is 5.78 Å². The van der Waals surface area contributed by atoms with Crippen molar-refractivity contribution in [3.63, 3.8) is 0 Å². The zero-order valence-corrected chi connectivity index (χ0v) is 19.0. The highest BCUT2D eigenvalue weighted by atomic mass is 32.2. The molecule has 3 aromatic heterocycles. The number of hydrogen-bond acceptors (Lipinski definition) is 5. The fourth-order valence-corrected chi connectivity index (χ4v) is 5.00. The summed E-state index contributed by atoms with van der Waals surface area (Å²) in [5.74, 6) is 1.24. The highest BCUT2D eigenvalue weighted by Gasteiger charge is 2.28. The van der Waals surface area contributed by atoms with Crippen LogP contribution in [0, 0.1) is 13.8 Å². The maximum atomic E-state index is 13.1. The molecule has 1 fully saturated rings. The molecule has 0 unspecified atom stereocenters. The van der Waals surface area contributed by atoms with Crippen molar-refractivity contribution in [3.8, 4) is 11.4 Å². The Morgan fingerprint density at radius 3 is 2.53 bits per heavy atom. The van der Waals surface area contributed by atoms with E-state index in [4.69, 9.17) is 0 Å². The molecule has 6 nitrogen and oxygen atoms in total. The number of hydrogen-bond donors (Lipinski definition) is 0. The number of thioether (sulfide) groups is 1. The Balaban J connectivity index is 1.40. The van der Waals surface area contributed by atoms with Crippen molar-refractivity contribution in [1.82, 2.24) is 24.3 Å². The molecule has 0 bridgehead atoms. The van der Waals surface area contributed by atoms with Gasteiger partial charge in [0.1, 0.15) is 0 Å². The number of pyridine rings is 1. The first-order chi connectivity index (χ1) is 15.6. The van der Waals surface area contributed by atoms with Crippen LogP contribution in [0.3, 0.4) is 0 Å². The topological polar surface area (TPSA) is 65.6 Å². The van der Waals surface area contributed by atoms with E-state index >= 15 is 0 Å². The fraction of sp³-hybridized carbons (Fsp3) is 0.280. The van der Waals surface area contributed by atoms with Crippen LogP contribution in [0.25, 0.3) is 11.4 Å². The second-order valence-electron chi connectivity index (χ2n) is 8.21. The third-order valence-corrected chi connectivity index (χ3v) is 6.83. The molecule has 1 aliphatic carbocycles. The smallest absolute Gasteiger partial charge is 0.192 e. The molecular weight excluding hydrogens is 418 g/mol. The molecule has 0 saturated heterocycles. The Hall–Kier alpha value is -3.19. The Labute approximate surface area is 191 Å². The van der Waals surface area contributed by atoms with Gasteiger partial charge >= 0.3 is 0 Å². The molecule has 3 heterocycles. The summed E-state index contributed by atoms with van der Waals surface area (Å²) in [6.45, 7) is 4.79. The second kappa shape index (κ2) is 8.74. The quantitative estimate of drug-likeness (QED) is 0.279. The Morgan fingerprint density at radius 1 is 1.06 bits per heavy atom. The van der Waals surface area contributed by atoms with Crippen molar-refractivity contribution in [2.75, 3.05) is 5.75 Å². The first-order valence-corrected chi connectivity index (χ1v) is 11.8. The molecule has 1 aliphatic rings. The highest BCUT2D eigenvalue weighted by Crippen LogP contribution is 2.38. The van der Waals surface area contributed by atoms with Gasteiger partial charge in [0, 0.05) is 41.0 Å². The largest absolute Gasteiger partial charge is 0.345 e. The molecule has 162 valence electrons. The summed E-state index contributed by atoms with van der Waals surface area (Å²) in [6.07, 6.45) is 5.92. The Morgan fingerprint density at radius 2 is 1.81 bits per heavy atom. The van der Waals surface area contributed by atoms with Gasteiger partial charge in [0.05, 0.1) is 12.3 Å². The third kappa shape index (κ3) is 4.12. The van der Waals surface area contributed by atoms with Crippen LogP contribution in [0.4, 0.5) is 0 Å². The van der Waals surface area contributed by atoms with Gasteiger partial charge in [0.15, 0.2) is 16.8 Å². The predicted octanol–water partition coefficient (Wildman–Crippen LogP) is 5.12. The number of aromatic nitrogens is 5. The molecule has 1 aromatic carbocycles. The van der Waals surface area contributed by atoms with Crippen LogP contribution in [0.2, 0.25) is 0 Å². The van der Waals surface area contributed by atoms with Gasteiger partial charge in [-0.1, -0.05) is 42.1 Å². The van der Waals surface area contributed by atoms with Crippen molar-refractivity contribution >= 4 is 17.5 Å². The van der Waals surface area contributed by atoms with Crippen molar-refractivity contribution in [1.29, 1.82) is 0 Å². The van der Waals surface area contributed by atoms with Crippen molar-refractivity contribution < 1.29 is 4.79 Å². The molecule has 0 amide bonds. The number of aryl methyl sites for hydroxylation is 1. The van der Waals surface area contributed by atoms with Gasteiger partial charge in [-0.15, -0.1) is 10.2 Å². The van der Waals surface area contributed by atoms with Crippen LogP contribution < -0.4 is 0 Å². The molecule has 32 heavy (non-hydrogen) atoms. The number of rotatable bonds is 8. The van der Waals surface area contributed by atoms with Gasteiger partial charge < -0.3 is 4.57 Å². The summed E-state index contributed by atoms with van der Waals surface area (Å²) in [7, 11) is 0. The van der Waals surface area contributed by atoms with Crippen LogP contribution in [0.15, 0.2) is 66.1 Å². The van der Waals surface area contributed by atoms with Crippen LogP contribution in [0.1, 0.15) is 46.2 Å². The molecule has 7 heteroatoms. The van der Waals surface area contributed by atoms with Crippen LogP contribution in [-0.2, 0) is 6.54 Å². The van der Waals surface area contributed by atoms with Crippen LogP contribution in [0.5, 0.6) is 0 Å². The predicted molar refractivity (Wildman–Crippen MR) is 126 cm³/mol. The average Bonchev–Trinajstić information content (AvgIpc) is 3.50. The fourth-order valence-electron chi connectivity index (χ4n) is 4.18. The maximum Gasteiger partial charge on any atom is 0.192 e. The SMILES string of the molecule is Cc1cc(C(=O)CSc2nnc(-c3ccncc3)n2Cc2ccccc2)c(C)n1C1CC1. The van der Waals surface area contributed by atoms with Crippen molar-refractivity contribution in [2.24, 2.45) is 0 Å². The van der Waals surface area contributed by atoms with Gasteiger partial charge in [-0.25, -0.2) is 0 Å². The average molecular weight is 444 g/mol. The van der Waals surface area contributed by atoms with E-state index in [0.29, 0.717) is 18.3 Å². The van der Waals surface area contributed by atoms with Crippen LogP contribution >= 0.6 is 11.8 Å². The standard InChI is InChI=1S/C25H25N5OS/c1-17-14-22(18(2)30(17)21-8-9-21)23(31)16-32-25-28-27-24(20-10-12-26-13-11-20)29(25)15-19-6-4-3-5-7-19/h3-7,10-14,21H,8-9,15-16H2,1-2H3. The van der Waals surface area contributed by atoms with Crippen molar-refractivity contribution in [3.05, 3.63) is 83.4 Å². The first kappa shape index (κ1) is 20.7. The maximum absolute atomic E-state index is 13.1. The molecule has 0 atom stereocenters.